The highest BCUT2D eigenvalue weighted by atomic mass is 16.3. The molecule has 2 aromatic carbocycles. The van der Waals surface area contributed by atoms with Gasteiger partial charge in [0.1, 0.15) is 11.5 Å². The molecule has 1 amide bonds. The van der Waals surface area contributed by atoms with Gasteiger partial charge in [-0.1, -0.05) is 43.3 Å². The maximum Gasteiger partial charge on any atom is 0.254 e. The van der Waals surface area contributed by atoms with Gasteiger partial charge in [0, 0.05) is 24.7 Å². The summed E-state index contributed by atoms with van der Waals surface area (Å²) in [4.78, 5) is 14.1. The van der Waals surface area contributed by atoms with Gasteiger partial charge in [-0.3, -0.25) is 4.79 Å². The summed E-state index contributed by atoms with van der Waals surface area (Å²) in [6, 6.07) is 18.2. The van der Waals surface area contributed by atoms with Crippen LogP contribution in [0.5, 0.6) is 0 Å². The molecule has 0 fully saturated rings. The monoisotopic (exact) mass is 346 g/mol. The molecule has 0 aliphatic carbocycles. The second-order valence-corrected chi connectivity index (χ2v) is 6.58. The molecule has 0 radical (unpaired) electrons. The normalized spacial score (nSPS) is 13.3. The molecule has 0 spiro atoms. The summed E-state index contributed by atoms with van der Waals surface area (Å²) < 4.78 is 6.06. The number of hydrogen-bond acceptors (Lipinski definition) is 3. The lowest BCUT2D eigenvalue weighted by Crippen LogP contribution is -2.17. The Morgan fingerprint density at radius 3 is 2.50 bits per heavy atom. The molecule has 2 heterocycles. The van der Waals surface area contributed by atoms with Gasteiger partial charge in [0.05, 0.1) is 6.54 Å². The number of nitrogens with zero attached hydrogens (tertiary/aromatic N) is 1. The van der Waals surface area contributed by atoms with E-state index >= 15 is 0 Å². The van der Waals surface area contributed by atoms with E-state index in [2.05, 4.69) is 30.4 Å². The molecule has 132 valence electrons. The van der Waals surface area contributed by atoms with Gasteiger partial charge in [-0.15, -0.1) is 0 Å². The minimum absolute atomic E-state index is 0.0882. The summed E-state index contributed by atoms with van der Waals surface area (Å²) in [6.07, 6.45) is 0. The molecule has 4 nitrogen and oxygen atoms in total. The molecule has 0 saturated carbocycles. The van der Waals surface area contributed by atoms with Crippen LogP contribution in [0.1, 0.15) is 28.6 Å². The molecule has 1 aromatic heterocycles. The fourth-order valence-corrected chi connectivity index (χ4v) is 3.52. The zero-order valence-electron chi connectivity index (χ0n) is 15.1. The molecular formula is C22H22N2O2. The minimum Gasteiger partial charge on any atom is -0.460 e. The van der Waals surface area contributed by atoms with Crippen molar-refractivity contribution < 1.29 is 9.21 Å². The lowest BCUT2D eigenvalue weighted by Gasteiger charge is -2.12. The smallest absolute Gasteiger partial charge is 0.254 e. The van der Waals surface area contributed by atoms with Crippen LogP contribution in [-0.2, 0) is 13.1 Å². The van der Waals surface area contributed by atoms with Crippen molar-refractivity contribution in [1.82, 2.24) is 10.2 Å². The number of nitrogens with one attached hydrogen (secondary N) is 1. The largest absolute Gasteiger partial charge is 0.460 e. The van der Waals surface area contributed by atoms with Crippen molar-refractivity contribution in [3.05, 3.63) is 71.5 Å². The van der Waals surface area contributed by atoms with E-state index in [0.717, 1.165) is 52.4 Å². The van der Waals surface area contributed by atoms with Gasteiger partial charge in [-0.25, -0.2) is 0 Å². The van der Waals surface area contributed by atoms with E-state index in [0.29, 0.717) is 6.54 Å². The van der Waals surface area contributed by atoms with Gasteiger partial charge in [-0.2, -0.15) is 0 Å². The third kappa shape index (κ3) is 2.82. The fourth-order valence-electron chi connectivity index (χ4n) is 3.52. The minimum atomic E-state index is 0.0882. The number of amides is 1. The number of rotatable bonds is 5. The summed E-state index contributed by atoms with van der Waals surface area (Å²) in [6.45, 7) is 4.35. The predicted octanol–water partition coefficient (Wildman–Crippen LogP) is 4.31. The molecule has 4 rings (SSSR count). The maximum atomic E-state index is 12.3. The zero-order chi connectivity index (χ0) is 18.1. The molecule has 1 aliphatic heterocycles. The Morgan fingerprint density at radius 2 is 1.69 bits per heavy atom. The van der Waals surface area contributed by atoms with Gasteiger partial charge in [-0.05, 0) is 41.4 Å². The van der Waals surface area contributed by atoms with Gasteiger partial charge in [0.25, 0.3) is 5.91 Å². The number of carbonyl (C=O) groups excluding carboxylic acids is 1. The highest BCUT2D eigenvalue weighted by Gasteiger charge is 2.27. The van der Waals surface area contributed by atoms with Crippen LogP contribution in [0.2, 0.25) is 0 Å². The number of hydrogen-bond donors (Lipinski definition) is 1. The SMILES string of the molecule is CCNCc1ccc(-c2ccccc2-c2cccc3c2CN(C)C3=O)o1. The first-order valence-corrected chi connectivity index (χ1v) is 8.95. The van der Waals surface area contributed by atoms with Crippen LogP contribution in [0.3, 0.4) is 0 Å². The average Bonchev–Trinajstić information content (AvgIpc) is 3.25. The summed E-state index contributed by atoms with van der Waals surface area (Å²) in [5.74, 6) is 1.86. The van der Waals surface area contributed by atoms with Crippen LogP contribution in [0.15, 0.2) is 59.0 Å². The first kappa shape index (κ1) is 16.6. The third-order valence-corrected chi connectivity index (χ3v) is 4.84. The molecule has 0 saturated heterocycles. The van der Waals surface area contributed by atoms with Crippen molar-refractivity contribution in [2.24, 2.45) is 0 Å². The van der Waals surface area contributed by atoms with Crippen molar-refractivity contribution in [1.29, 1.82) is 0 Å². The molecule has 0 atom stereocenters. The van der Waals surface area contributed by atoms with Gasteiger partial charge >= 0.3 is 0 Å². The molecule has 1 N–H and O–H groups in total. The van der Waals surface area contributed by atoms with E-state index in [1.165, 1.54) is 0 Å². The van der Waals surface area contributed by atoms with Crippen LogP contribution in [-0.4, -0.2) is 24.4 Å². The second kappa shape index (κ2) is 6.81. The topological polar surface area (TPSA) is 45.5 Å². The van der Waals surface area contributed by atoms with Crippen molar-refractivity contribution in [2.45, 2.75) is 20.0 Å². The van der Waals surface area contributed by atoms with Crippen molar-refractivity contribution in [2.75, 3.05) is 13.6 Å². The Kier molecular flexibility index (Phi) is 4.35. The molecule has 0 bridgehead atoms. The average molecular weight is 346 g/mol. The van der Waals surface area contributed by atoms with Crippen LogP contribution in [0.25, 0.3) is 22.5 Å². The number of carbonyl (C=O) groups is 1. The lowest BCUT2D eigenvalue weighted by molar-refractivity contribution is 0.0816. The van der Waals surface area contributed by atoms with Gasteiger partial charge in [0.15, 0.2) is 0 Å². The first-order valence-electron chi connectivity index (χ1n) is 8.95. The maximum absolute atomic E-state index is 12.3. The Hall–Kier alpha value is -2.85. The van der Waals surface area contributed by atoms with Crippen LogP contribution in [0, 0.1) is 0 Å². The van der Waals surface area contributed by atoms with E-state index in [1.54, 1.807) is 4.90 Å². The molecule has 0 unspecified atom stereocenters. The Labute approximate surface area is 153 Å². The fraction of sp³-hybridized carbons (Fsp3) is 0.227. The standard InChI is InChI=1S/C22H22N2O2/c1-3-23-13-15-11-12-21(26-15)18-8-5-4-7-16(18)17-9-6-10-19-20(17)14-24(2)22(19)25/h4-12,23H,3,13-14H2,1-2H3. The van der Waals surface area contributed by atoms with Crippen molar-refractivity contribution in [3.8, 4) is 22.5 Å². The summed E-state index contributed by atoms with van der Waals surface area (Å²) in [5.41, 5.74) is 5.13. The van der Waals surface area contributed by atoms with Crippen molar-refractivity contribution >= 4 is 5.91 Å². The molecular weight excluding hydrogens is 324 g/mol. The van der Waals surface area contributed by atoms with E-state index in [-0.39, 0.29) is 5.91 Å². The quantitative estimate of drug-likeness (QED) is 0.749. The second-order valence-electron chi connectivity index (χ2n) is 6.58. The Balaban J connectivity index is 1.79. The van der Waals surface area contributed by atoms with E-state index in [1.807, 2.05) is 43.4 Å². The van der Waals surface area contributed by atoms with Gasteiger partial charge < -0.3 is 14.6 Å². The molecule has 4 heteroatoms. The van der Waals surface area contributed by atoms with Crippen LogP contribution >= 0.6 is 0 Å². The molecule has 3 aromatic rings. The highest BCUT2D eigenvalue weighted by molar-refractivity contribution is 6.01. The van der Waals surface area contributed by atoms with Crippen LogP contribution in [0.4, 0.5) is 0 Å². The summed E-state index contributed by atoms with van der Waals surface area (Å²) >= 11 is 0. The highest BCUT2D eigenvalue weighted by Crippen LogP contribution is 2.38. The summed E-state index contributed by atoms with van der Waals surface area (Å²) in [7, 11) is 1.84. The number of furan rings is 1. The zero-order valence-corrected chi connectivity index (χ0v) is 15.1. The Morgan fingerprint density at radius 1 is 0.962 bits per heavy atom. The van der Waals surface area contributed by atoms with Crippen molar-refractivity contribution in [3.63, 3.8) is 0 Å². The van der Waals surface area contributed by atoms with Crippen LogP contribution < -0.4 is 5.32 Å². The Bertz CT molecular complexity index is 958. The first-order chi connectivity index (χ1) is 12.7. The number of benzene rings is 2. The third-order valence-electron chi connectivity index (χ3n) is 4.84. The van der Waals surface area contributed by atoms with E-state index < -0.39 is 0 Å². The number of fused-ring (bicyclic) bond motifs is 1. The van der Waals surface area contributed by atoms with Gasteiger partial charge in [0.2, 0.25) is 0 Å². The lowest BCUT2D eigenvalue weighted by atomic mass is 9.92. The summed E-state index contributed by atoms with van der Waals surface area (Å²) in [5, 5.41) is 3.28. The predicted molar refractivity (Wildman–Crippen MR) is 103 cm³/mol. The molecule has 26 heavy (non-hydrogen) atoms. The molecule has 1 aliphatic rings. The van der Waals surface area contributed by atoms with E-state index in [4.69, 9.17) is 4.42 Å². The van der Waals surface area contributed by atoms with E-state index in [9.17, 15) is 4.79 Å².